The van der Waals surface area contributed by atoms with Crippen LogP contribution in [0, 0.1) is 6.92 Å². The summed E-state index contributed by atoms with van der Waals surface area (Å²) in [5.74, 6) is 0.960. The van der Waals surface area contributed by atoms with Crippen LogP contribution in [0.15, 0.2) is 42.5 Å². The van der Waals surface area contributed by atoms with E-state index in [0.29, 0.717) is 6.04 Å². The Morgan fingerprint density at radius 3 is 2.86 bits per heavy atom. The lowest BCUT2D eigenvalue weighted by Gasteiger charge is -2.15. The average molecular weight is 281 g/mol. The van der Waals surface area contributed by atoms with Gasteiger partial charge in [0.05, 0.1) is 7.11 Å². The predicted molar refractivity (Wildman–Crippen MR) is 86.9 cm³/mol. The third kappa shape index (κ3) is 3.11. The largest absolute Gasteiger partial charge is 0.497 e. The molecule has 0 spiro atoms. The molecule has 0 heterocycles. The quantitative estimate of drug-likeness (QED) is 0.899. The Balaban J connectivity index is 1.62. The van der Waals surface area contributed by atoms with Gasteiger partial charge >= 0.3 is 0 Å². The van der Waals surface area contributed by atoms with Crippen molar-refractivity contribution < 1.29 is 4.74 Å². The molecule has 0 aromatic heterocycles. The summed E-state index contributed by atoms with van der Waals surface area (Å²) in [6.07, 6.45) is 3.44. The monoisotopic (exact) mass is 281 g/mol. The minimum Gasteiger partial charge on any atom is -0.497 e. The van der Waals surface area contributed by atoms with Crippen LogP contribution in [0.4, 0.5) is 0 Å². The zero-order chi connectivity index (χ0) is 14.7. The molecule has 0 saturated carbocycles. The molecule has 0 fully saturated rings. The summed E-state index contributed by atoms with van der Waals surface area (Å²) in [7, 11) is 1.73. The van der Waals surface area contributed by atoms with Crippen LogP contribution in [0.1, 0.15) is 34.7 Å². The van der Waals surface area contributed by atoms with Crippen molar-refractivity contribution >= 4 is 0 Å². The first-order chi connectivity index (χ1) is 10.3. The molecule has 0 radical (unpaired) electrons. The Morgan fingerprint density at radius 1 is 1.19 bits per heavy atom. The molecule has 3 rings (SSSR count). The van der Waals surface area contributed by atoms with Crippen LogP contribution in [-0.4, -0.2) is 13.7 Å². The van der Waals surface area contributed by atoms with Crippen LogP contribution >= 0.6 is 0 Å². The molecule has 2 nitrogen and oxygen atoms in total. The van der Waals surface area contributed by atoms with Crippen LogP contribution in [0.2, 0.25) is 0 Å². The molecule has 1 unspecified atom stereocenters. The molecule has 21 heavy (non-hydrogen) atoms. The van der Waals surface area contributed by atoms with Gasteiger partial charge in [-0.05, 0) is 67.1 Å². The minimum atomic E-state index is 0.471. The summed E-state index contributed by atoms with van der Waals surface area (Å²) in [6.45, 7) is 3.21. The Kier molecular flexibility index (Phi) is 4.26. The maximum Gasteiger partial charge on any atom is 0.119 e. The highest BCUT2D eigenvalue weighted by Gasteiger charge is 2.22. The van der Waals surface area contributed by atoms with Gasteiger partial charge in [0, 0.05) is 6.04 Å². The molecule has 0 amide bonds. The second kappa shape index (κ2) is 6.31. The molecule has 1 N–H and O–H groups in total. The first kappa shape index (κ1) is 14.2. The zero-order valence-electron chi connectivity index (χ0n) is 12.9. The molecule has 2 heteroatoms. The van der Waals surface area contributed by atoms with Crippen LogP contribution in [-0.2, 0) is 12.8 Å². The van der Waals surface area contributed by atoms with E-state index in [-0.39, 0.29) is 0 Å². The van der Waals surface area contributed by atoms with Gasteiger partial charge in [-0.2, -0.15) is 0 Å². The van der Waals surface area contributed by atoms with Crippen molar-refractivity contribution in [1.82, 2.24) is 5.32 Å². The van der Waals surface area contributed by atoms with Crippen molar-refractivity contribution in [3.05, 3.63) is 64.7 Å². The molecule has 2 aromatic carbocycles. The fourth-order valence-electron chi connectivity index (χ4n) is 3.19. The maximum absolute atomic E-state index is 5.35. The van der Waals surface area contributed by atoms with Crippen LogP contribution in [0.3, 0.4) is 0 Å². The summed E-state index contributed by atoms with van der Waals surface area (Å²) in [5.41, 5.74) is 5.70. The highest BCUT2D eigenvalue weighted by molar-refractivity contribution is 5.40. The van der Waals surface area contributed by atoms with E-state index in [9.17, 15) is 0 Å². The summed E-state index contributed by atoms with van der Waals surface area (Å²) in [6, 6.07) is 15.6. The van der Waals surface area contributed by atoms with Crippen molar-refractivity contribution in [2.75, 3.05) is 13.7 Å². The van der Waals surface area contributed by atoms with E-state index in [1.54, 1.807) is 7.11 Å². The van der Waals surface area contributed by atoms with Crippen molar-refractivity contribution in [2.24, 2.45) is 0 Å². The molecule has 0 bridgehead atoms. The smallest absolute Gasteiger partial charge is 0.119 e. The van der Waals surface area contributed by atoms with E-state index in [0.717, 1.165) is 18.7 Å². The topological polar surface area (TPSA) is 21.3 Å². The highest BCUT2D eigenvalue weighted by Crippen LogP contribution is 2.33. The molecule has 1 aliphatic rings. The standard InChI is InChI=1S/C19H23NO/c1-14-5-3-4-6-15(14)11-12-20-19-10-8-16-7-9-17(21-2)13-18(16)19/h3-7,9,13,19-20H,8,10-12H2,1-2H3. The van der Waals surface area contributed by atoms with Crippen molar-refractivity contribution in [3.63, 3.8) is 0 Å². The first-order valence-electron chi connectivity index (χ1n) is 7.72. The lowest BCUT2D eigenvalue weighted by atomic mass is 10.0. The minimum absolute atomic E-state index is 0.471. The number of methoxy groups -OCH3 is 1. The number of hydrogen-bond acceptors (Lipinski definition) is 2. The molecule has 1 aliphatic carbocycles. The molecule has 2 aromatic rings. The van der Waals surface area contributed by atoms with Crippen LogP contribution in [0.5, 0.6) is 5.75 Å². The zero-order valence-corrected chi connectivity index (χ0v) is 12.9. The Labute approximate surface area is 127 Å². The van der Waals surface area contributed by atoms with Gasteiger partial charge in [-0.15, -0.1) is 0 Å². The molecule has 110 valence electrons. The summed E-state index contributed by atoms with van der Waals surface area (Å²) in [5, 5.41) is 3.71. The van der Waals surface area contributed by atoms with Gasteiger partial charge in [-0.3, -0.25) is 0 Å². The van der Waals surface area contributed by atoms with Crippen molar-refractivity contribution in [1.29, 1.82) is 0 Å². The SMILES string of the molecule is COc1ccc2c(c1)C(NCCc1ccccc1C)CC2. The van der Waals surface area contributed by atoms with E-state index >= 15 is 0 Å². The number of fused-ring (bicyclic) bond motifs is 1. The van der Waals surface area contributed by atoms with Gasteiger partial charge in [0.25, 0.3) is 0 Å². The van der Waals surface area contributed by atoms with E-state index in [1.807, 2.05) is 0 Å². The molecule has 0 saturated heterocycles. The fourth-order valence-corrected chi connectivity index (χ4v) is 3.19. The maximum atomic E-state index is 5.35. The fraction of sp³-hybridized carbons (Fsp3) is 0.368. The van der Waals surface area contributed by atoms with Crippen molar-refractivity contribution in [2.45, 2.75) is 32.2 Å². The molecule has 0 aliphatic heterocycles. The van der Waals surface area contributed by atoms with Crippen LogP contribution in [0.25, 0.3) is 0 Å². The lowest BCUT2D eigenvalue weighted by Crippen LogP contribution is -2.22. The van der Waals surface area contributed by atoms with Gasteiger partial charge < -0.3 is 10.1 Å². The Hall–Kier alpha value is -1.80. The molecule has 1 atom stereocenters. The van der Waals surface area contributed by atoms with Gasteiger partial charge in [0.15, 0.2) is 0 Å². The van der Waals surface area contributed by atoms with E-state index in [1.165, 1.54) is 35.1 Å². The van der Waals surface area contributed by atoms with E-state index in [2.05, 4.69) is 54.7 Å². The summed E-state index contributed by atoms with van der Waals surface area (Å²) < 4.78 is 5.35. The average Bonchev–Trinajstić information content (AvgIpc) is 2.91. The first-order valence-corrected chi connectivity index (χ1v) is 7.72. The number of ether oxygens (including phenoxy) is 1. The highest BCUT2D eigenvalue weighted by atomic mass is 16.5. The Morgan fingerprint density at radius 2 is 2.05 bits per heavy atom. The predicted octanol–water partition coefficient (Wildman–Crippen LogP) is 3.82. The van der Waals surface area contributed by atoms with Gasteiger partial charge in [0.2, 0.25) is 0 Å². The normalized spacial score (nSPS) is 16.8. The second-order valence-electron chi connectivity index (χ2n) is 5.79. The summed E-state index contributed by atoms with van der Waals surface area (Å²) >= 11 is 0. The van der Waals surface area contributed by atoms with Gasteiger partial charge in [-0.1, -0.05) is 30.3 Å². The van der Waals surface area contributed by atoms with Gasteiger partial charge in [0.1, 0.15) is 5.75 Å². The van der Waals surface area contributed by atoms with Crippen LogP contribution < -0.4 is 10.1 Å². The second-order valence-corrected chi connectivity index (χ2v) is 5.79. The number of benzene rings is 2. The van der Waals surface area contributed by atoms with Crippen molar-refractivity contribution in [3.8, 4) is 5.75 Å². The van der Waals surface area contributed by atoms with Gasteiger partial charge in [-0.25, -0.2) is 0 Å². The lowest BCUT2D eigenvalue weighted by molar-refractivity contribution is 0.413. The van der Waals surface area contributed by atoms with E-state index < -0.39 is 0 Å². The molecular formula is C19H23NO. The Bertz CT molecular complexity index is 621. The number of nitrogens with one attached hydrogen (secondary N) is 1. The number of rotatable bonds is 5. The number of hydrogen-bond donors (Lipinski definition) is 1. The third-order valence-electron chi connectivity index (χ3n) is 4.48. The summed E-state index contributed by atoms with van der Waals surface area (Å²) in [4.78, 5) is 0. The van der Waals surface area contributed by atoms with E-state index in [4.69, 9.17) is 4.74 Å². The number of aryl methyl sites for hydroxylation is 2. The molecular weight excluding hydrogens is 258 g/mol. The third-order valence-corrected chi connectivity index (χ3v) is 4.48.